The van der Waals surface area contributed by atoms with Crippen LogP contribution in [0.3, 0.4) is 0 Å². The fourth-order valence-electron chi connectivity index (χ4n) is 3.52. The molecule has 1 N–H and O–H groups in total. The highest BCUT2D eigenvalue weighted by molar-refractivity contribution is 7.88. The number of aryl methyl sites for hydroxylation is 1. The molecule has 0 bridgehead atoms. The normalized spacial score (nSPS) is 23.4. The fourth-order valence-corrected chi connectivity index (χ4v) is 4.32. The lowest BCUT2D eigenvalue weighted by atomic mass is 9.87. The molecule has 1 fully saturated rings. The first kappa shape index (κ1) is 15.8. The van der Waals surface area contributed by atoms with Crippen LogP contribution in [-0.2, 0) is 22.9 Å². The number of hydrogen-bond donors (Lipinski definition) is 1. The highest BCUT2D eigenvalue weighted by atomic mass is 32.2. The summed E-state index contributed by atoms with van der Waals surface area (Å²) < 4.78 is 25.8. The van der Waals surface area contributed by atoms with Gasteiger partial charge in [0.25, 0.3) is 0 Å². The third-order valence-corrected chi connectivity index (χ3v) is 5.45. The quantitative estimate of drug-likeness (QED) is 0.896. The van der Waals surface area contributed by atoms with Gasteiger partial charge in [-0.25, -0.2) is 13.1 Å². The van der Waals surface area contributed by atoms with Gasteiger partial charge in [-0.1, -0.05) is 12.1 Å². The lowest BCUT2D eigenvalue weighted by Crippen LogP contribution is -2.45. The van der Waals surface area contributed by atoms with Gasteiger partial charge in [-0.15, -0.1) is 0 Å². The monoisotopic (exact) mass is 323 g/mol. The molecule has 1 atom stereocenters. The molecule has 0 aromatic heterocycles. The minimum Gasteiger partial charge on any atom is -0.369 e. The highest BCUT2D eigenvalue weighted by Gasteiger charge is 2.25. The molecule has 1 aromatic carbocycles. The van der Waals surface area contributed by atoms with Gasteiger partial charge in [0.15, 0.2) is 0 Å². The molecule has 5 nitrogen and oxygen atoms in total. The van der Waals surface area contributed by atoms with E-state index in [9.17, 15) is 8.42 Å². The standard InChI is InChI=1S/C16H25N3O2S/c1-18-8-10-19(11-9-18)16-5-3-4-13-6-7-14(12-15(13)16)17-22(2,20)21/h3-5,14,17H,6-12H2,1-2H3. The number of fused-ring (bicyclic) bond motifs is 1. The predicted octanol–water partition coefficient (Wildman–Crippen LogP) is 0.845. The van der Waals surface area contributed by atoms with Crippen molar-refractivity contribution < 1.29 is 8.42 Å². The van der Waals surface area contributed by atoms with E-state index in [4.69, 9.17) is 0 Å². The van der Waals surface area contributed by atoms with E-state index in [0.717, 1.165) is 45.4 Å². The first-order valence-electron chi connectivity index (χ1n) is 7.94. The minimum absolute atomic E-state index is 0.0242. The third-order valence-electron chi connectivity index (χ3n) is 4.69. The number of sulfonamides is 1. The SMILES string of the molecule is CN1CCN(c2cccc3c2CC(NS(C)(=O)=O)CC3)CC1. The van der Waals surface area contributed by atoms with Crippen LogP contribution < -0.4 is 9.62 Å². The number of anilines is 1. The van der Waals surface area contributed by atoms with Crippen molar-refractivity contribution in [2.45, 2.75) is 25.3 Å². The summed E-state index contributed by atoms with van der Waals surface area (Å²) in [5.41, 5.74) is 4.01. The number of nitrogens with one attached hydrogen (secondary N) is 1. The lowest BCUT2D eigenvalue weighted by molar-refractivity contribution is 0.312. The van der Waals surface area contributed by atoms with E-state index in [1.165, 1.54) is 23.1 Å². The van der Waals surface area contributed by atoms with Gasteiger partial charge in [0.05, 0.1) is 6.26 Å². The van der Waals surface area contributed by atoms with E-state index < -0.39 is 10.0 Å². The minimum atomic E-state index is -3.14. The lowest BCUT2D eigenvalue weighted by Gasteiger charge is -2.37. The van der Waals surface area contributed by atoms with Crippen LogP contribution in [0.2, 0.25) is 0 Å². The zero-order chi connectivity index (χ0) is 15.7. The Hall–Kier alpha value is -1.11. The van der Waals surface area contributed by atoms with E-state index in [1.54, 1.807) is 0 Å². The van der Waals surface area contributed by atoms with Gasteiger partial charge < -0.3 is 9.80 Å². The molecule has 0 radical (unpaired) electrons. The molecule has 0 saturated carbocycles. The zero-order valence-corrected chi connectivity index (χ0v) is 14.2. The van der Waals surface area contributed by atoms with Crippen molar-refractivity contribution in [1.29, 1.82) is 0 Å². The molecule has 2 aliphatic rings. The fraction of sp³-hybridized carbons (Fsp3) is 0.625. The Labute approximate surface area is 133 Å². The molecular formula is C16H25N3O2S. The van der Waals surface area contributed by atoms with E-state index in [2.05, 4.69) is 39.8 Å². The van der Waals surface area contributed by atoms with Gasteiger partial charge in [-0.2, -0.15) is 0 Å². The molecule has 0 amide bonds. The predicted molar refractivity (Wildman–Crippen MR) is 89.9 cm³/mol. The van der Waals surface area contributed by atoms with Gasteiger partial charge in [0.1, 0.15) is 0 Å². The zero-order valence-electron chi connectivity index (χ0n) is 13.4. The van der Waals surface area contributed by atoms with E-state index >= 15 is 0 Å². The smallest absolute Gasteiger partial charge is 0.208 e. The third kappa shape index (κ3) is 3.62. The average molecular weight is 323 g/mol. The second kappa shape index (κ2) is 6.18. The van der Waals surface area contributed by atoms with Gasteiger partial charge in [0.2, 0.25) is 10.0 Å². The Morgan fingerprint density at radius 3 is 2.59 bits per heavy atom. The Kier molecular flexibility index (Phi) is 4.43. The van der Waals surface area contributed by atoms with Crippen molar-refractivity contribution in [2.24, 2.45) is 0 Å². The summed E-state index contributed by atoms with van der Waals surface area (Å²) in [5, 5.41) is 0. The van der Waals surface area contributed by atoms with E-state index in [-0.39, 0.29) is 6.04 Å². The summed E-state index contributed by atoms with van der Waals surface area (Å²) in [4.78, 5) is 4.79. The number of hydrogen-bond acceptors (Lipinski definition) is 4. The van der Waals surface area contributed by atoms with Crippen LogP contribution in [0.1, 0.15) is 17.5 Å². The Morgan fingerprint density at radius 1 is 1.18 bits per heavy atom. The number of benzene rings is 1. The molecule has 1 aliphatic heterocycles. The van der Waals surface area contributed by atoms with Crippen molar-refractivity contribution >= 4 is 15.7 Å². The van der Waals surface area contributed by atoms with Crippen LogP contribution in [0.15, 0.2) is 18.2 Å². The molecule has 122 valence electrons. The molecule has 3 rings (SSSR count). The first-order valence-corrected chi connectivity index (χ1v) is 9.83. The van der Waals surface area contributed by atoms with Gasteiger partial charge in [-0.05, 0) is 43.5 Å². The molecule has 22 heavy (non-hydrogen) atoms. The summed E-state index contributed by atoms with van der Waals surface area (Å²) in [7, 11) is -0.985. The summed E-state index contributed by atoms with van der Waals surface area (Å²) in [6.07, 6.45) is 3.87. The summed E-state index contributed by atoms with van der Waals surface area (Å²) in [6, 6.07) is 6.53. The number of nitrogens with zero attached hydrogens (tertiary/aromatic N) is 2. The Balaban J connectivity index is 1.82. The Morgan fingerprint density at radius 2 is 1.91 bits per heavy atom. The molecular weight excluding hydrogens is 298 g/mol. The number of rotatable bonds is 3. The molecule has 1 aliphatic carbocycles. The van der Waals surface area contributed by atoms with Gasteiger partial charge in [0, 0.05) is 37.9 Å². The van der Waals surface area contributed by atoms with Crippen LogP contribution in [0.25, 0.3) is 0 Å². The first-order chi connectivity index (χ1) is 10.4. The van der Waals surface area contributed by atoms with Crippen molar-refractivity contribution in [2.75, 3.05) is 44.4 Å². The Bertz CT molecular complexity index is 637. The summed E-state index contributed by atoms with van der Waals surface area (Å²) >= 11 is 0. The van der Waals surface area contributed by atoms with Crippen molar-refractivity contribution in [3.63, 3.8) is 0 Å². The molecule has 1 aromatic rings. The van der Waals surface area contributed by atoms with Gasteiger partial charge in [-0.3, -0.25) is 0 Å². The molecule has 1 unspecified atom stereocenters. The van der Waals surface area contributed by atoms with Crippen LogP contribution in [0.5, 0.6) is 0 Å². The second-order valence-corrected chi connectivity index (χ2v) is 8.31. The molecule has 1 heterocycles. The van der Waals surface area contributed by atoms with Gasteiger partial charge >= 0.3 is 0 Å². The van der Waals surface area contributed by atoms with E-state index in [1.807, 2.05) is 0 Å². The maximum atomic E-state index is 11.5. The molecule has 1 saturated heterocycles. The number of likely N-dealkylation sites (N-methyl/N-ethyl adjacent to an activating group) is 1. The average Bonchev–Trinajstić information content (AvgIpc) is 2.46. The van der Waals surface area contributed by atoms with Crippen LogP contribution in [0, 0.1) is 0 Å². The largest absolute Gasteiger partial charge is 0.369 e. The highest BCUT2D eigenvalue weighted by Crippen LogP contribution is 2.31. The molecule has 0 spiro atoms. The van der Waals surface area contributed by atoms with Crippen molar-refractivity contribution in [3.05, 3.63) is 29.3 Å². The van der Waals surface area contributed by atoms with Crippen molar-refractivity contribution in [1.82, 2.24) is 9.62 Å². The maximum Gasteiger partial charge on any atom is 0.208 e. The van der Waals surface area contributed by atoms with E-state index in [0.29, 0.717) is 0 Å². The second-order valence-electron chi connectivity index (χ2n) is 6.53. The van der Waals surface area contributed by atoms with Crippen molar-refractivity contribution in [3.8, 4) is 0 Å². The molecule has 6 heteroatoms. The summed E-state index contributed by atoms with van der Waals surface area (Å²) in [5.74, 6) is 0. The van der Waals surface area contributed by atoms with Crippen LogP contribution in [0.4, 0.5) is 5.69 Å². The topological polar surface area (TPSA) is 52.6 Å². The van der Waals surface area contributed by atoms with Crippen LogP contribution in [-0.4, -0.2) is 58.8 Å². The van der Waals surface area contributed by atoms with Crippen LogP contribution >= 0.6 is 0 Å². The maximum absolute atomic E-state index is 11.5. The number of piperazine rings is 1. The summed E-state index contributed by atoms with van der Waals surface area (Å²) in [6.45, 7) is 4.23.